The number of nitrogens with zero attached hydrogens (tertiary/aromatic N) is 3. The van der Waals surface area contributed by atoms with E-state index < -0.39 is 11.8 Å². The van der Waals surface area contributed by atoms with Crippen LogP contribution in [0, 0.1) is 6.92 Å². The first-order chi connectivity index (χ1) is 13.5. The molecule has 0 saturated carbocycles. The van der Waals surface area contributed by atoms with Crippen molar-refractivity contribution in [3.8, 4) is 5.75 Å². The van der Waals surface area contributed by atoms with Crippen molar-refractivity contribution >= 4 is 22.8 Å². The molecule has 1 aromatic carbocycles. The molecule has 2 fully saturated rings. The Bertz CT molecular complexity index is 1010. The fourth-order valence-electron chi connectivity index (χ4n) is 5.29. The van der Waals surface area contributed by atoms with Crippen LogP contribution in [0.1, 0.15) is 24.0 Å². The number of nitrogens with one attached hydrogen (secondary N) is 1. The number of aromatic hydroxyl groups is 1. The number of phenolic OH excluding ortho intramolecular Hbond substituents is 1. The van der Waals surface area contributed by atoms with Gasteiger partial charge in [0.05, 0.1) is 29.4 Å². The van der Waals surface area contributed by atoms with E-state index in [-0.39, 0.29) is 30.4 Å². The first-order valence-corrected chi connectivity index (χ1v) is 9.50. The molecule has 2 saturated heterocycles. The minimum atomic E-state index is -0.827. The van der Waals surface area contributed by atoms with Gasteiger partial charge in [-0.05, 0) is 13.8 Å². The van der Waals surface area contributed by atoms with E-state index in [2.05, 4.69) is 26.7 Å². The molecule has 9 heteroatoms. The zero-order chi connectivity index (χ0) is 19.8. The molecule has 9 nitrogen and oxygen atoms in total. The summed E-state index contributed by atoms with van der Waals surface area (Å²) in [6.45, 7) is 5.45. The Morgan fingerprint density at radius 1 is 1.57 bits per heavy atom. The lowest BCUT2D eigenvalue weighted by Crippen LogP contribution is -2.54. The van der Waals surface area contributed by atoms with Gasteiger partial charge in [-0.25, -0.2) is 9.78 Å². The maximum absolute atomic E-state index is 11.4. The van der Waals surface area contributed by atoms with Gasteiger partial charge in [-0.2, -0.15) is 4.57 Å². The summed E-state index contributed by atoms with van der Waals surface area (Å²) in [7, 11) is 1.66. The van der Waals surface area contributed by atoms with Crippen LogP contribution < -0.4 is 20.5 Å². The number of hydrogen-bond acceptors (Lipinski definition) is 7. The highest BCUT2D eigenvalue weighted by molar-refractivity contribution is 5.93. The van der Waals surface area contributed by atoms with Gasteiger partial charge >= 0.3 is 6.09 Å². The lowest BCUT2D eigenvalue weighted by Gasteiger charge is -2.38. The number of benzene rings is 1. The number of ether oxygens (including phenoxy) is 2. The fraction of sp³-hybridized carbons (Fsp3) is 0.526. The second-order valence-corrected chi connectivity index (χ2v) is 7.65. The van der Waals surface area contributed by atoms with Crippen LogP contribution in [0.5, 0.6) is 5.75 Å². The number of carbonyl (C=O) groups excluding carboxylic acids is 1. The number of aromatic nitrogens is 2. The lowest BCUT2D eigenvalue weighted by molar-refractivity contribution is -0.668. The molecule has 5 rings (SSSR count). The van der Waals surface area contributed by atoms with Crippen LogP contribution in [0.3, 0.4) is 0 Å². The first kappa shape index (κ1) is 17.4. The quantitative estimate of drug-likeness (QED) is 0.508. The molecule has 4 N–H and O–H groups in total. The molecule has 0 unspecified atom stereocenters. The van der Waals surface area contributed by atoms with Crippen molar-refractivity contribution in [3.63, 3.8) is 0 Å². The number of methoxy groups -OCH3 is 1. The van der Waals surface area contributed by atoms with Gasteiger partial charge < -0.3 is 30.5 Å². The van der Waals surface area contributed by atoms with E-state index in [0.29, 0.717) is 6.54 Å². The van der Waals surface area contributed by atoms with Crippen LogP contribution in [0.2, 0.25) is 0 Å². The first-order valence-electron chi connectivity index (χ1n) is 9.50. The van der Waals surface area contributed by atoms with E-state index in [0.717, 1.165) is 34.4 Å². The van der Waals surface area contributed by atoms with Crippen LogP contribution in [0.4, 0.5) is 10.5 Å². The predicted molar refractivity (Wildman–Crippen MR) is 100 cm³/mol. The second-order valence-electron chi connectivity index (χ2n) is 7.65. The Kier molecular flexibility index (Phi) is 3.54. The number of fused-ring (bicyclic) bond motifs is 7. The third-order valence-corrected chi connectivity index (χ3v) is 6.52. The molecular formula is C19H24N5O4+. The van der Waals surface area contributed by atoms with Crippen molar-refractivity contribution in [3.05, 3.63) is 23.5 Å². The number of hydrogen-bond donors (Lipinski definition) is 3. The molecule has 1 aromatic heterocycles. The topological polar surface area (TPSA) is 124 Å². The van der Waals surface area contributed by atoms with Crippen LogP contribution in [0.15, 0.2) is 12.4 Å². The number of amides is 1. The third-order valence-electron chi connectivity index (χ3n) is 6.52. The van der Waals surface area contributed by atoms with Gasteiger partial charge in [0.1, 0.15) is 24.4 Å². The molecule has 28 heavy (non-hydrogen) atoms. The van der Waals surface area contributed by atoms with E-state index in [1.54, 1.807) is 13.3 Å². The van der Waals surface area contributed by atoms with Crippen molar-refractivity contribution in [1.82, 2.24) is 10.3 Å². The van der Waals surface area contributed by atoms with Crippen LogP contribution in [0.25, 0.3) is 11.0 Å². The molecular weight excluding hydrogens is 362 g/mol. The number of anilines is 1. The number of rotatable bonds is 4. The van der Waals surface area contributed by atoms with Gasteiger partial charge in [0.15, 0.2) is 11.9 Å². The zero-order valence-corrected chi connectivity index (χ0v) is 16.1. The highest BCUT2D eigenvalue weighted by Crippen LogP contribution is 2.61. The van der Waals surface area contributed by atoms with Gasteiger partial charge in [0.25, 0.3) is 0 Å². The molecule has 4 atom stereocenters. The summed E-state index contributed by atoms with van der Waals surface area (Å²) in [5, 5.41) is 14.6. The Labute approximate surface area is 162 Å². The maximum atomic E-state index is 11.4. The van der Waals surface area contributed by atoms with E-state index in [1.165, 1.54) is 0 Å². The maximum Gasteiger partial charge on any atom is 0.404 e. The predicted octanol–water partition coefficient (Wildman–Crippen LogP) is 0.252. The van der Waals surface area contributed by atoms with Crippen molar-refractivity contribution in [1.29, 1.82) is 0 Å². The minimum Gasteiger partial charge on any atom is -0.505 e. The molecule has 3 aliphatic rings. The summed E-state index contributed by atoms with van der Waals surface area (Å²) in [4.78, 5) is 18.1. The van der Waals surface area contributed by atoms with Gasteiger partial charge in [0, 0.05) is 25.3 Å². The largest absolute Gasteiger partial charge is 0.505 e. The molecule has 0 spiro atoms. The van der Waals surface area contributed by atoms with Crippen molar-refractivity contribution < 1.29 is 23.9 Å². The smallest absolute Gasteiger partial charge is 0.404 e. The standard InChI is InChI=1S/C19H23N5O4/c1-4-23-6-5-21-13-9(2)16(25)15-12(14(13)23)10(8-28-18(20)26)19(27-3)17-11(22-17)7-24(15)19/h5-6,10-11,17,22H,4,7-8H2,1-3H3,(H2-,20,21,25,26)/p+1/t10-,11+,17+,19-/m1/s1. The summed E-state index contributed by atoms with van der Waals surface area (Å²) >= 11 is 0. The van der Waals surface area contributed by atoms with Crippen molar-refractivity contribution in [2.75, 3.05) is 25.2 Å². The van der Waals surface area contributed by atoms with Gasteiger partial charge in [-0.1, -0.05) is 0 Å². The monoisotopic (exact) mass is 386 g/mol. The number of primary amides is 1. The lowest BCUT2D eigenvalue weighted by atomic mass is 9.88. The average molecular weight is 386 g/mol. The Morgan fingerprint density at radius 3 is 3.04 bits per heavy atom. The molecule has 0 bridgehead atoms. The van der Waals surface area contributed by atoms with Crippen molar-refractivity contribution in [2.45, 2.75) is 44.1 Å². The molecule has 2 aromatic rings. The molecule has 4 heterocycles. The van der Waals surface area contributed by atoms with Crippen molar-refractivity contribution in [2.24, 2.45) is 5.73 Å². The highest BCUT2D eigenvalue weighted by atomic mass is 16.6. The fourth-order valence-corrected chi connectivity index (χ4v) is 5.29. The Morgan fingerprint density at radius 2 is 2.36 bits per heavy atom. The Hall–Kier alpha value is -2.65. The zero-order valence-electron chi connectivity index (χ0n) is 16.1. The second kappa shape index (κ2) is 5.68. The van der Waals surface area contributed by atoms with E-state index >= 15 is 0 Å². The normalized spacial score (nSPS) is 29.5. The average Bonchev–Trinajstić information content (AvgIpc) is 3.30. The van der Waals surface area contributed by atoms with Gasteiger partial charge in [-0.3, -0.25) is 0 Å². The summed E-state index contributed by atoms with van der Waals surface area (Å²) in [6, 6.07) is 0.375. The number of aryl methyl sites for hydroxylation is 2. The van der Waals surface area contributed by atoms with E-state index in [4.69, 9.17) is 15.2 Å². The summed E-state index contributed by atoms with van der Waals surface area (Å²) in [5.74, 6) is -0.117. The number of nitrogens with two attached hydrogens (primary N) is 1. The molecule has 3 aliphatic heterocycles. The number of carbonyl (C=O) groups is 1. The SMILES string of the molecule is CC[n+]1ccnc2c(C)c(O)c3c(c21)[C@@H](COC(N)=O)[C@@]1(OC)[C@H]2N[C@H]2CN31. The van der Waals surface area contributed by atoms with Crippen LogP contribution in [-0.4, -0.2) is 54.3 Å². The van der Waals surface area contributed by atoms with Gasteiger partial charge in [0.2, 0.25) is 5.52 Å². The van der Waals surface area contributed by atoms with E-state index in [1.807, 2.05) is 13.1 Å². The summed E-state index contributed by atoms with van der Waals surface area (Å²) < 4.78 is 13.5. The number of piperazine rings is 1. The minimum absolute atomic E-state index is 0.0633. The number of phenols is 1. The van der Waals surface area contributed by atoms with Crippen LogP contribution >= 0.6 is 0 Å². The molecule has 0 radical (unpaired) electrons. The molecule has 1 amide bonds. The Balaban J connectivity index is 1.84. The summed E-state index contributed by atoms with van der Waals surface area (Å²) in [5.41, 5.74) is 8.56. The van der Waals surface area contributed by atoms with Crippen LogP contribution in [-0.2, 0) is 16.0 Å². The highest BCUT2D eigenvalue weighted by Gasteiger charge is 2.71. The molecule has 148 valence electrons. The van der Waals surface area contributed by atoms with E-state index in [9.17, 15) is 9.90 Å². The van der Waals surface area contributed by atoms with Gasteiger partial charge in [-0.15, -0.1) is 0 Å². The third kappa shape index (κ3) is 1.95. The summed E-state index contributed by atoms with van der Waals surface area (Å²) in [6.07, 6.45) is 2.83. The molecule has 0 aliphatic carbocycles.